The van der Waals surface area contributed by atoms with E-state index < -0.39 is 80.5 Å². The minimum absolute atomic E-state index is 0.0410. The van der Waals surface area contributed by atoms with Crippen molar-refractivity contribution in [2.24, 2.45) is 5.92 Å². The summed E-state index contributed by atoms with van der Waals surface area (Å²) in [5, 5.41) is 0. The Hall–Kier alpha value is -2.02. The van der Waals surface area contributed by atoms with Crippen LogP contribution in [0.4, 0.5) is 0 Å². The molecular weight excluding hydrogens is 694 g/mol. The molecule has 4 fully saturated rings. The van der Waals surface area contributed by atoms with Gasteiger partial charge in [-0.15, -0.1) is 0 Å². The van der Waals surface area contributed by atoms with Gasteiger partial charge in [-0.2, -0.15) is 0 Å². The maximum absolute atomic E-state index is 13.9. The molecule has 2 aromatic heterocycles. The summed E-state index contributed by atoms with van der Waals surface area (Å²) < 4.78 is 68.3. The summed E-state index contributed by atoms with van der Waals surface area (Å²) >= 11 is 0.718. The molecular formula is C28H36N4O13P2S. The van der Waals surface area contributed by atoms with Crippen molar-refractivity contribution in [1.29, 1.82) is 0 Å². The zero-order valence-corrected chi connectivity index (χ0v) is 28.9. The van der Waals surface area contributed by atoms with Crippen molar-refractivity contribution in [2.75, 3.05) is 13.2 Å². The number of hydrogen-bond acceptors (Lipinski definition) is 13. The number of phosphoric acid groups is 1. The van der Waals surface area contributed by atoms with Crippen LogP contribution < -0.4 is 5.56 Å². The van der Waals surface area contributed by atoms with E-state index >= 15 is 0 Å². The van der Waals surface area contributed by atoms with Gasteiger partial charge in [0.15, 0.2) is 29.0 Å². The van der Waals surface area contributed by atoms with Gasteiger partial charge < -0.3 is 38.4 Å². The van der Waals surface area contributed by atoms with E-state index in [1.165, 1.54) is 17.2 Å². The summed E-state index contributed by atoms with van der Waals surface area (Å²) in [5.74, 6) is -2.46. The van der Waals surface area contributed by atoms with Gasteiger partial charge in [-0.05, 0) is 57.6 Å². The average Bonchev–Trinajstić information content (AvgIpc) is 3.77. The van der Waals surface area contributed by atoms with Crippen LogP contribution >= 0.6 is 26.0 Å². The van der Waals surface area contributed by atoms with Gasteiger partial charge in [-0.25, -0.2) is 19.1 Å². The van der Waals surface area contributed by atoms with E-state index in [2.05, 4.69) is 9.97 Å². The predicted molar refractivity (Wildman–Crippen MR) is 167 cm³/mol. The zero-order valence-electron chi connectivity index (χ0n) is 26.3. The van der Waals surface area contributed by atoms with Gasteiger partial charge in [-0.3, -0.25) is 23.0 Å². The third kappa shape index (κ3) is 6.84. The highest BCUT2D eigenvalue weighted by Crippen LogP contribution is 2.59. The van der Waals surface area contributed by atoms with Gasteiger partial charge in [0, 0.05) is 10.8 Å². The molecule has 3 aliphatic heterocycles. The van der Waals surface area contributed by atoms with Crippen molar-refractivity contribution >= 4 is 37.2 Å². The van der Waals surface area contributed by atoms with Crippen LogP contribution in [0.3, 0.4) is 0 Å². The first kappa shape index (κ1) is 34.4. The van der Waals surface area contributed by atoms with E-state index in [9.17, 15) is 28.6 Å². The van der Waals surface area contributed by atoms with Gasteiger partial charge in [0.2, 0.25) is 0 Å². The van der Waals surface area contributed by atoms with Crippen molar-refractivity contribution < 1.29 is 56.5 Å². The molecule has 262 valence electrons. The summed E-state index contributed by atoms with van der Waals surface area (Å²) in [5.41, 5.74) is -0.216. The first-order valence-electron chi connectivity index (χ1n) is 15.2. The molecule has 1 unspecified atom stereocenters. The second kappa shape index (κ2) is 12.3. The molecule has 0 bridgehead atoms. The van der Waals surface area contributed by atoms with Crippen molar-refractivity contribution in [2.45, 2.75) is 93.4 Å². The fourth-order valence-corrected chi connectivity index (χ4v) is 9.68. The molecule has 17 nitrogen and oxygen atoms in total. The first-order chi connectivity index (χ1) is 22.5. The van der Waals surface area contributed by atoms with Gasteiger partial charge in [0.05, 0.1) is 31.7 Å². The fraction of sp³-hybridized carbons (Fsp3) is 0.607. The number of aromatic nitrogens is 4. The standard InChI is InChI=1S/C28H36N4O13P2S/c1-27(2)42-20-15(11-39-46(34,35)36)10-17(21(20)43-27)31-14-30-24-19(25(31)33)29-13-32(24)26-23-22(44-28(3,4)45-23)18(41-26)12-40-47(37,38)48-16-8-6-5-7-9-16/h5-9,13-15,17-18,20-23,26H,10-12H2,1-4H3,(H,37,38)(H2,34,35,36)/t15-,17-,18-,20-,21+,22-,23-,26-/m1/s1. The van der Waals surface area contributed by atoms with E-state index in [0.29, 0.717) is 4.90 Å². The lowest BCUT2D eigenvalue weighted by atomic mass is 10.1. The molecule has 0 radical (unpaired) electrons. The minimum Gasteiger partial charge on any atom is -0.347 e. The van der Waals surface area contributed by atoms with Crippen LogP contribution in [0.2, 0.25) is 0 Å². The molecule has 1 aliphatic carbocycles. The Morgan fingerprint density at radius 3 is 2.23 bits per heavy atom. The van der Waals surface area contributed by atoms with Gasteiger partial charge in [0.25, 0.3) is 5.56 Å². The lowest BCUT2D eigenvalue weighted by Gasteiger charge is -2.25. The summed E-state index contributed by atoms with van der Waals surface area (Å²) in [6.07, 6.45) is -1.16. The van der Waals surface area contributed by atoms with Crippen LogP contribution in [-0.4, -0.2) is 89.1 Å². The third-order valence-corrected chi connectivity index (χ3v) is 12.0. The van der Waals surface area contributed by atoms with E-state index in [0.717, 1.165) is 11.4 Å². The number of imidazole rings is 1. The molecule has 48 heavy (non-hydrogen) atoms. The number of fused-ring (bicyclic) bond motifs is 3. The monoisotopic (exact) mass is 730 g/mol. The lowest BCUT2D eigenvalue weighted by Crippen LogP contribution is -2.34. The quantitative estimate of drug-likeness (QED) is 0.256. The fourth-order valence-electron chi connectivity index (χ4n) is 6.86. The second-order valence-corrected chi connectivity index (χ2v) is 18.0. The Labute approximate surface area is 278 Å². The molecule has 1 aromatic carbocycles. The van der Waals surface area contributed by atoms with Crippen LogP contribution in [0.15, 0.2) is 52.7 Å². The maximum Gasteiger partial charge on any atom is 0.469 e. The number of benzene rings is 1. The molecule has 3 N–H and O–H groups in total. The minimum atomic E-state index is -4.73. The van der Waals surface area contributed by atoms with E-state index in [-0.39, 0.29) is 30.8 Å². The zero-order chi connectivity index (χ0) is 34.2. The number of nitrogens with zero attached hydrogens (tertiary/aromatic N) is 4. The highest BCUT2D eigenvalue weighted by molar-refractivity contribution is 8.54. The Morgan fingerprint density at radius 2 is 1.52 bits per heavy atom. The molecule has 1 saturated carbocycles. The van der Waals surface area contributed by atoms with Gasteiger partial charge >= 0.3 is 14.6 Å². The van der Waals surface area contributed by atoms with Gasteiger partial charge in [0.1, 0.15) is 30.7 Å². The molecule has 3 saturated heterocycles. The summed E-state index contributed by atoms with van der Waals surface area (Å²) in [4.78, 5) is 52.5. The molecule has 7 rings (SSSR count). The van der Waals surface area contributed by atoms with Crippen LogP contribution in [0.1, 0.15) is 46.4 Å². The molecule has 9 atom stereocenters. The largest absolute Gasteiger partial charge is 0.469 e. The predicted octanol–water partition coefficient (Wildman–Crippen LogP) is 3.11. The molecule has 3 aromatic rings. The summed E-state index contributed by atoms with van der Waals surface area (Å²) in [7, 11) is -4.73. The van der Waals surface area contributed by atoms with Crippen LogP contribution in [0, 0.1) is 5.92 Å². The van der Waals surface area contributed by atoms with Crippen molar-refractivity contribution in [3.63, 3.8) is 0 Å². The molecule has 0 amide bonds. The highest BCUT2D eigenvalue weighted by Gasteiger charge is 2.57. The molecule has 20 heteroatoms. The van der Waals surface area contributed by atoms with E-state index in [1.807, 2.05) is 0 Å². The molecule has 4 aliphatic rings. The number of rotatable bonds is 10. The Kier molecular flexibility index (Phi) is 8.85. The normalized spacial score (nSPS) is 33.6. The summed E-state index contributed by atoms with van der Waals surface area (Å²) in [6, 6.07) is 8.14. The van der Waals surface area contributed by atoms with Crippen molar-refractivity contribution in [3.8, 4) is 0 Å². The number of hydrogen-bond donors (Lipinski definition) is 3. The highest BCUT2D eigenvalue weighted by atomic mass is 32.7. The average molecular weight is 731 g/mol. The van der Waals surface area contributed by atoms with Crippen molar-refractivity contribution in [1.82, 2.24) is 19.1 Å². The molecule has 0 spiro atoms. The smallest absolute Gasteiger partial charge is 0.347 e. The Balaban J connectivity index is 1.13. The van der Waals surface area contributed by atoms with Gasteiger partial charge in [-0.1, -0.05) is 18.2 Å². The maximum atomic E-state index is 13.9. The van der Waals surface area contributed by atoms with Crippen LogP contribution in [-0.2, 0) is 41.9 Å². The van der Waals surface area contributed by atoms with E-state index in [1.54, 1.807) is 62.6 Å². The first-order valence-corrected chi connectivity index (χ1v) is 19.7. The van der Waals surface area contributed by atoms with Crippen LogP contribution in [0.25, 0.3) is 11.2 Å². The number of ether oxygens (including phenoxy) is 5. The number of phosphoric ester groups is 1. The topological polar surface area (TPSA) is 212 Å². The third-order valence-electron chi connectivity index (χ3n) is 8.64. The Morgan fingerprint density at radius 1 is 0.875 bits per heavy atom. The lowest BCUT2D eigenvalue weighted by molar-refractivity contribution is -0.199. The SMILES string of the molecule is CC1(C)O[C@@H]2[C@@H](COP(=O)(O)O)C[C@@H](n3cnc4c(ncn4[C@@H]4O[C@H](COP(=O)(O)Sc5ccccc5)[C@H]5OC(C)(C)O[C@H]54)c3=O)[C@@H]2O1. The molecule has 5 heterocycles. The second-order valence-electron chi connectivity index (χ2n) is 13.0. The Bertz CT molecular complexity index is 1830. The summed E-state index contributed by atoms with van der Waals surface area (Å²) in [6.45, 7) is 2.26. The van der Waals surface area contributed by atoms with Crippen LogP contribution in [0.5, 0.6) is 0 Å². The van der Waals surface area contributed by atoms with Crippen molar-refractivity contribution in [3.05, 3.63) is 53.3 Å². The van der Waals surface area contributed by atoms with E-state index in [4.69, 9.17) is 32.7 Å².